The maximum atomic E-state index is 10.3. The summed E-state index contributed by atoms with van der Waals surface area (Å²) >= 11 is 0. The molecular formula is C12H17N5O4. The van der Waals surface area contributed by atoms with Crippen molar-refractivity contribution in [2.24, 2.45) is 5.92 Å². The smallest absolute Gasteiger partial charge is 0.220 e. The van der Waals surface area contributed by atoms with E-state index in [1.807, 2.05) is 0 Å². The highest BCUT2D eigenvalue weighted by molar-refractivity contribution is 5.81. The van der Waals surface area contributed by atoms with E-state index in [2.05, 4.69) is 15.0 Å². The number of nitrogens with two attached hydrogens (primary N) is 1. The Hall–Kier alpha value is -1.81. The Labute approximate surface area is 120 Å². The molecule has 0 radical (unpaired) electrons. The fourth-order valence-electron chi connectivity index (χ4n) is 2.67. The number of aromatic nitrogens is 4. The van der Waals surface area contributed by atoms with Gasteiger partial charge in [0.1, 0.15) is 24.2 Å². The zero-order valence-electron chi connectivity index (χ0n) is 11.7. The summed E-state index contributed by atoms with van der Waals surface area (Å²) in [5, 5.41) is 19.8. The molecule has 0 bridgehead atoms. The molecule has 1 saturated heterocycles. The average molecular weight is 295 g/mol. The topological polar surface area (TPSA) is 129 Å². The number of hydrogen-bond donors (Lipinski definition) is 3. The van der Waals surface area contributed by atoms with Crippen LogP contribution in [0.1, 0.15) is 13.2 Å². The van der Waals surface area contributed by atoms with E-state index >= 15 is 0 Å². The molecule has 1 fully saturated rings. The standard InChI is InChI=1S/C12H17N5O4/c1-6-8(19)12(3-18,20-2)21-11(6)17-5-16-7-9(13)14-4-15-10(7)17/h4-6,8,11,18-19H,3H2,1-2H3,(H2,13,14,15)/t6-,8-,11+,12+/m0/s1. The maximum Gasteiger partial charge on any atom is 0.220 e. The van der Waals surface area contributed by atoms with Crippen LogP contribution in [0, 0.1) is 5.92 Å². The lowest BCUT2D eigenvalue weighted by atomic mass is 10.00. The molecule has 4 N–H and O–H groups in total. The summed E-state index contributed by atoms with van der Waals surface area (Å²) in [7, 11) is 1.38. The van der Waals surface area contributed by atoms with Gasteiger partial charge in [0.25, 0.3) is 0 Å². The Morgan fingerprint density at radius 1 is 1.48 bits per heavy atom. The number of imidazole rings is 1. The summed E-state index contributed by atoms with van der Waals surface area (Å²) in [6.07, 6.45) is 1.27. The molecule has 0 amide bonds. The van der Waals surface area contributed by atoms with Crippen molar-refractivity contribution in [3.05, 3.63) is 12.7 Å². The third-order valence-corrected chi connectivity index (χ3v) is 3.95. The first-order valence-corrected chi connectivity index (χ1v) is 6.49. The molecule has 4 atom stereocenters. The van der Waals surface area contributed by atoms with E-state index in [4.69, 9.17) is 15.2 Å². The predicted octanol–water partition coefficient (Wildman–Crippen LogP) is -0.731. The largest absolute Gasteiger partial charge is 0.391 e. The lowest BCUT2D eigenvalue weighted by molar-refractivity contribution is -0.269. The van der Waals surface area contributed by atoms with E-state index in [0.29, 0.717) is 11.2 Å². The molecule has 0 spiro atoms. The first-order chi connectivity index (χ1) is 10.0. The molecule has 9 nitrogen and oxygen atoms in total. The fraction of sp³-hybridized carbons (Fsp3) is 0.583. The van der Waals surface area contributed by atoms with E-state index < -0.39 is 24.7 Å². The molecule has 2 aromatic rings. The van der Waals surface area contributed by atoms with Gasteiger partial charge in [0.05, 0.1) is 12.9 Å². The van der Waals surface area contributed by atoms with Crippen molar-refractivity contribution in [2.75, 3.05) is 19.5 Å². The molecule has 1 aliphatic heterocycles. The lowest BCUT2D eigenvalue weighted by Crippen LogP contribution is -2.46. The van der Waals surface area contributed by atoms with Gasteiger partial charge in [0, 0.05) is 13.0 Å². The van der Waals surface area contributed by atoms with E-state index in [1.54, 1.807) is 11.5 Å². The molecule has 3 rings (SSSR count). The summed E-state index contributed by atoms with van der Waals surface area (Å²) in [5.41, 5.74) is 6.71. The van der Waals surface area contributed by atoms with E-state index in [1.165, 1.54) is 19.8 Å². The van der Waals surface area contributed by atoms with Gasteiger partial charge in [-0.2, -0.15) is 0 Å². The summed E-state index contributed by atoms with van der Waals surface area (Å²) in [6, 6.07) is 0. The van der Waals surface area contributed by atoms with E-state index in [9.17, 15) is 10.2 Å². The van der Waals surface area contributed by atoms with E-state index in [-0.39, 0.29) is 11.7 Å². The van der Waals surface area contributed by atoms with Crippen LogP contribution in [0.2, 0.25) is 0 Å². The summed E-state index contributed by atoms with van der Waals surface area (Å²) < 4.78 is 12.6. The van der Waals surface area contributed by atoms with Gasteiger partial charge < -0.3 is 25.4 Å². The Morgan fingerprint density at radius 3 is 2.86 bits per heavy atom. The minimum atomic E-state index is -1.46. The van der Waals surface area contributed by atoms with E-state index in [0.717, 1.165) is 0 Å². The number of ether oxygens (including phenoxy) is 2. The Bertz CT molecular complexity index is 656. The molecule has 0 aromatic carbocycles. The maximum absolute atomic E-state index is 10.3. The third kappa shape index (κ3) is 1.89. The zero-order valence-corrected chi connectivity index (χ0v) is 11.7. The van der Waals surface area contributed by atoms with Gasteiger partial charge in [-0.05, 0) is 0 Å². The molecule has 114 valence electrons. The highest BCUT2D eigenvalue weighted by Crippen LogP contribution is 2.42. The average Bonchev–Trinajstić information content (AvgIpc) is 3.02. The molecule has 0 aliphatic carbocycles. The van der Waals surface area contributed by atoms with Crippen LogP contribution in [0.3, 0.4) is 0 Å². The van der Waals surface area contributed by atoms with Crippen LogP contribution >= 0.6 is 0 Å². The van der Waals surface area contributed by atoms with Gasteiger partial charge in [-0.1, -0.05) is 6.92 Å². The number of nitrogens with zero attached hydrogens (tertiary/aromatic N) is 4. The van der Waals surface area contributed by atoms with Crippen LogP contribution in [0.4, 0.5) is 5.82 Å². The number of rotatable bonds is 3. The number of fused-ring (bicyclic) bond motifs is 1. The van der Waals surface area contributed by atoms with Gasteiger partial charge in [-0.25, -0.2) is 15.0 Å². The molecule has 9 heteroatoms. The Balaban J connectivity index is 2.06. The first-order valence-electron chi connectivity index (χ1n) is 6.49. The minimum absolute atomic E-state index is 0.269. The van der Waals surface area contributed by atoms with Gasteiger partial charge in [-0.15, -0.1) is 0 Å². The molecule has 0 saturated carbocycles. The lowest BCUT2D eigenvalue weighted by Gasteiger charge is -2.28. The molecule has 21 heavy (non-hydrogen) atoms. The summed E-state index contributed by atoms with van der Waals surface area (Å²) in [4.78, 5) is 12.2. The summed E-state index contributed by atoms with van der Waals surface area (Å²) in [5.74, 6) is -1.53. The number of aliphatic hydroxyl groups is 2. The van der Waals surface area contributed by atoms with Crippen molar-refractivity contribution in [3.63, 3.8) is 0 Å². The Kier molecular flexibility index (Phi) is 3.29. The van der Waals surface area contributed by atoms with Gasteiger partial charge in [-0.3, -0.25) is 4.57 Å². The normalized spacial score (nSPS) is 32.9. The second kappa shape index (κ2) is 4.88. The van der Waals surface area contributed by atoms with Gasteiger partial charge in [0.2, 0.25) is 5.79 Å². The van der Waals surface area contributed by atoms with Crippen LogP contribution in [0.15, 0.2) is 12.7 Å². The summed E-state index contributed by atoms with van der Waals surface area (Å²) in [6.45, 7) is 1.33. The van der Waals surface area contributed by atoms with Crippen molar-refractivity contribution in [1.82, 2.24) is 19.5 Å². The number of methoxy groups -OCH3 is 1. The second-order valence-corrected chi connectivity index (χ2v) is 5.07. The molecule has 3 heterocycles. The van der Waals surface area contributed by atoms with Crippen LogP contribution in [-0.4, -0.2) is 55.3 Å². The zero-order chi connectivity index (χ0) is 15.2. The number of aliphatic hydroxyl groups excluding tert-OH is 2. The number of nitrogen functional groups attached to an aromatic ring is 1. The van der Waals surface area contributed by atoms with Gasteiger partial charge >= 0.3 is 0 Å². The van der Waals surface area contributed by atoms with Crippen LogP contribution in [-0.2, 0) is 9.47 Å². The van der Waals surface area contributed by atoms with Gasteiger partial charge in [0.15, 0.2) is 11.5 Å². The molecule has 2 aromatic heterocycles. The van der Waals surface area contributed by atoms with Crippen LogP contribution in [0.5, 0.6) is 0 Å². The highest BCUT2D eigenvalue weighted by Gasteiger charge is 2.54. The van der Waals surface area contributed by atoms with Crippen LogP contribution < -0.4 is 5.73 Å². The Morgan fingerprint density at radius 2 is 2.24 bits per heavy atom. The minimum Gasteiger partial charge on any atom is -0.391 e. The fourth-order valence-corrected chi connectivity index (χ4v) is 2.67. The molecule has 1 aliphatic rings. The SMILES string of the molecule is CO[C@]1(CO)O[C@@H](n2cnc3c(N)ncnc32)[C@@H](C)[C@@H]1O. The van der Waals surface area contributed by atoms with Crippen molar-refractivity contribution >= 4 is 17.0 Å². The number of hydrogen-bond acceptors (Lipinski definition) is 8. The van der Waals surface area contributed by atoms with Crippen molar-refractivity contribution in [3.8, 4) is 0 Å². The number of anilines is 1. The quantitative estimate of drug-likeness (QED) is 0.676. The van der Waals surface area contributed by atoms with Crippen molar-refractivity contribution < 1.29 is 19.7 Å². The first kappa shape index (κ1) is 14.1. The predicted molar refractivity (Wildman–Crippen MR) is 71.9 cm³/mol. The molecular weight excluding hydrogens is 278 g/mol. The highest BCUT2D eigenvalue weighted by atomic mass is 16.7. The second-order valence-electron chi connectivity index (χ2n) is 5.07. The molecule has 0 unspecified atom stereocenters. The van der Waals surface area contributed by atoms with Crippen LogP contribution in [0.25, 0.3) is 11.2 Å². The van der Waals surface area contributed by atoms with Crippen molar-refractivity contribution in [2.45, 2.75) is 25.0 Å². The third-order valence-electron chi connectivity index (χ3n) is 3.95. The monoisotopic (exact) mass is 295 g/mol. The van der Waals surface area contributed by atoms with Crippen molar-refractivity contribution in [1.29, 1.82) is 0 Å².